The van der Waals surface area contributed by atoms with Gasteiger partial charge in [0.05, 0.1) is 25.4 Å². The number of rotatable bonds is 8. The quantitative estimate of drug-likeness (QED) is 0.285. The van der Waals surface area contributed by atoms with Crippen molar-refractivity contribution in [1.82, 2.24) is 20.0 Å². The zero-order valence-corrected chi connectivity index (χ0v) is 22.4. The van der Waals surface area contributed by atoms with Gasteiger partial charge in [-0.2, -0.15) is 0 Å². The predicted octanol–water partition coefficient (Wildman–Crippen LogP) is 2.65. The number of ether oxygens (including phenoxy) is 2. The van der Waals surface area contributed by atoms with Crippen molar-refractivity contribution in [3.05, 3.63) is 0 Å². The maximum atomic E-state index is 6.18. The lowest BCUT2D eigenvalue weighted by Gasteiger charge is -2.38. The van der Waals surface area contributed by atoms with Gasteiger partial charge in [-0.05, 0) is 52.5 Å². The average Bonchev–Trinajstić information content (AvgIpc) is 2.81. The molecule has 0 radical (unpaired) electrons. The number of nitrogens with one attached hydrogen (secondary N) is 1. The minimum atomic E-state index is 0. The van der Waals surface area contributed by atoms with E-state index in [1.165, 1.54) is 25.9 Å². The molecule has 1 N–H and O–H groups in total. The summed E-state index contributed by atoms with van der Waals surface area (Å²) >= 11 is 0. The fourth-order valence-corrected chi connectivity index (χ4v) is 4.70. The molecule has 0 spiro atoms. The third-order valence-corrected chi connectivity index (χ3v) is 6.85. The first-order valence-corrected chi connectivity index (χ1v) is 12.4. The zero-order valence-electron chi connectivity index (χ0n) is 20.1. The number of piperidine rings is 1. The van der Waals surface area contributed by atoms with E-state index in [0.717, 1.165) is 84.2 Å². The Balaban J connectivity index is 0.00000341. The maximum Gasteiger partial charge on any atom is 0.193 e. The van der Waals surface area contributed by atoms with Gasteiger partial charge < -0.3 is 24.6 Å². The SMILES string of the molecule is CCNC(=NCC(C)N1CCN(CC)CC1)N1CCC(OCC2CCCCO2)CC1.I. The van der Waals surface area contributed by atoms with E-state index in [0.29, 0.717) is 18.2 Å². The molecule has 0 aromatic carbocycles. The number of halogens is 1. The van der Waals surface area contributed by atoms with Gasteiger partial charge in [0.2, 0.25) is 0 Å². The molecule has 3 rings (SSSR count). The van der Waals surface area contributed by atoms with Crippen LogP contribution in [0.4, 0.5) is 0 Å². The van der Waals surface area contributed by atoms with Gasteiger partial charge in [-0.3, -0.25) is 9.89 Å². The lowest BCUT2D eigenvalue weighted by Crippen LogP contribution is -2.51. The summed E-state index contributed by atoms with van der Waals surface area (Å²) in [6.45, 7) is 18.1. The number of piperazine rings is 1. The number of likely N-dealkylation sites (tertiary alicyclic amines) is 1. The van der Waals surface area contributed by atoms with E-state index in [-0.39, 0.29) is 24.0 Å². The Labute approximate surface area is 207 Å². The van der Waals surface area contributed by atoms with Crippen LogP contribution >= 0.6 is 24.0 Å². The molecule has 2 atom stereocenters. The second kappa shape index (κ2) is 14.9. The Hall–Kier alpha value is -0.160. The molecule has 0 aliphatic carbocycles. The third-order valence-electron chi connectivity index (χ3n) is 6.85. The van der Waals surface area contributed by atoms with Gasteiger partial charge in [0.15, 0.2) is 5.96 Å². The van der Waals surface area contributed by atoms with Gasteiger partial charge in [-0.1, -0.05) is 6.92 Å². The van der Waals surface area contributed by atoms with Crippen LogP contribution in [0.15, 0.2) is 4.99 Å². The summed E-state index contributed by atoms with van der Waals surface area (Å²) in [6.07, 6.45) is 6.47. The van der Waals surface area contributed by atoms with E-state index in [1.54, 1.807) is 0 Å². The molecule has 0 aromatic heterocycles. The molecule has 0 bridgehead atoms. The summed E-state index contributed by atoms with van der Waals surface area (Å²) in [5.74, 6) is 1.07. The molecule has 3 heterocycles. The summed E-state index contributed by atoms with van der Waals surface area (Å²) in [5, 5.41) is 3.51. The molecule has 3 aliphatic heterocycles. The summed E-state index contributed by atoms with van der Waals surface area (Å²) < 4.78 is 12.0. The highest BCUT2D eigenvalue weighted by atomic mass is 127. The highest BCUT2D eigenvalue weighted by Gasteiger charge is 2.25. The van der Waals surface area contributed by atoms with Crippen LogP contribution in [0.25, 0.3) is 0 Å². The Morgan fingerprint density at radius 2 is 1.81 bits per heavy atom. The standard InChI is InChI=1S/C23H45N5O2.HI/c1-4-24-23(25-18-20(3)27-15-13-26(5-2)14-16-27)28-11-9-21(10-12-28)30-19-22-8-6-7-17-29-22;/h20-22H,4-19H2,1-3H3,(H,24,25);1H. The summed E-state index contributed by atoms with van der Waals surface area (Å²) in [6, 6.07) is 0.494. The smallest absolute Gasteiger partial charge is 0.193 e. The van der Waals surface area contributed by atoms with Crippen molar-refractivity contribution in [1.29, 1.82) is 0 Å². The van der Waals surface area contributed by atoms with E-state index in [4.69, 9.17) is 14.5 Å². The van der Waals surface area contributed by atoms with Crippen molar-refractivity contribution < 1.29 is 9.47 Å². The summed E-state index contributed by atoms with van der Waals surface area (Å²) in [4.78, 5) is 12.6. The van der Waals surface area contributed by atoms with E-state index in [1.807, 2.05) is 0 Å². The molecule has 0 amide bonds. The third kappa shape index (κ3) is 8.95. The molecule has 3 saturated heterocycles. The Bertz CT molecular complexity index is 502. The summed E-state index contributed by atoms with van der Waals surface area (Å²) in [5.41, 5.74) is 0. The second-order valence-electron chi connectivity index (χ2n) is 9.02. The fourth-order valence-electron chi connectivity index (χ4n) is 4.70. The predicted molar refractivity (Wildman–Crippen MR) is 139 cm³/mol. The van der Waals surface area contributed by atoms with Crippen molar-refractivity contribution in [2.24, 2.45) is 4.99 Å². The molecule has 3 fully saturated rings. The fraction of sp³-hybridized carbons (Fsp3) is 0.957. The van der Waals surface area contributed by atoms with Crippen molar-refractivity contribution >= 4 is 29.9 Å². The maximum absolute atomic E-state index is 6.18. The number of aliphatic imine (C=N–C) groups is 1. The molecular weight excluding hydrogens is 505 g/mol. The van der Waals surface area contributed by atoms with E-state index in [9.17, 15) is 0 Å². The second-order valence-corrected chi connectivity index (χ2v) is 9.02. The largest absolute Gasteiger partial charge is 0.376 e. The number of hydrogen-bond acceptors (Lipinski definition) is 5. The van der Waals surface area contributed by atoms with E-state index < -0.39 is 0 Å². The first-order chi connectivity index (χ1) is 14.7. The zero-order chi connectivity index (χ0) is 21.2. The van der Waals surface area contributed by atoms with Gasteiger partial charge >= 0.3 is 0 Å². The Kier molecular flexibility index (Phi) is 13.0. The number of likely N-dealkylation sites (N-methyl/N-ethyl adjacent to an activating group) is 1. The minimum absolute atomic E-state index is 0. The number of hydrogen-bond donors (Lipinski definition) is 1. The molecule has 0 aromatic rings. The van der Waals surface area contributed by atoms with Gasteiger partial charge in [0.25, 0.3) is 0 Å². The number of nitrogens with zero attached hydrogens (tertiary/aromatic N) is 4. The Morgan fingerprint density at radius 1 is 1.06 bits per heavy atom. The van der Waals surface area contributed by atoms with E-state index >= 15 is 0 Å². The highest BCUT2D eigenvalue weighted by molar-refractivity contribution is 14.0. The van der Waals surface area contributed by atoms with Gasteiger partial charge in [0, 0.05) is 58.5 Å². The lowest BCUT2D eigenvalue weighted by atomic mass is 10.1. The molecule has 3 aliphatic rings. The molecule has 31 heavy (non-hydrogen) atoms. The van der Waals surface area contributed by atoms with Crippen LogP contribution in [0.1, 0.15) is 52.9 Å². The van der Waals surface area contributed by atoms with Crippen LogP contribution in [0.5, 0.6) is 0 Å². The van der Waals surface area contributed by atoms with Crippen molar-refractivity contribution in [3.8, 4) is 0 Å². The molecular formula is C23H46IN5O2. The minimum Gasteiger partial charge on any atom is -0.376 e. The first-order valence-electron chi connectivity index (χ1n) is 12.4. The van der Waals surface area contributed by atoms with Crippen LogP contribution in [0, 0.1) is 0 Å². The molecule has 7 nitrogen and oxygen atoms in total. The van der Waals surface area contributed by atoms with E-state index in [2.05, 4.69) is 40.8 Å². The molecule has 2 unspecified atom stereocenters. The van der Waals surface area contributed by atoms with Crippen molar-refractivity contribution in [2.75, 3.05) is 72.1 Å². The van der Waals surface area contributed by atoms with Gasteiger partial charge in [0.1, 0.15) is 0 Å². The highest BCUT2D eigenvalue weighted by Crippen LogP contribution is 2.18. The van der Waals surface area contributed by atoms with Crippen LogP contribution in [-0.4, -0.2) is 111 Å². The lowest BCUT2D eigenvalue weighted by molar-refractivity contribution is -0.0721. The van der Waals surface area contributed by atoms with Crippen LogP contribution in [0.2, 0.25) is 0 Å². The van der Waals surface area contributed by atoms with Gasteiger partial charge in [-0.25, -0.2) is 0 Å². The molecule has 8 heteroatoms. The van der Waals surface area contributed by atoms with Crippen LogP contribution in [-0.2, 0) is 9.47 Å². The normalized spacial score (nSPS) is 25.8. The van der Waals surface area contributed by atoms with Crippen LogP contribution < -0.4 is 5.32 Å². The first kappa shape index (κ1) is 27.1. The average molecular weight is 552 g/mol. The van der Waals surface area contributed by atoms with Crippen molar-refractivity contribution in [3.63, 3.8) is 0 Å². The molecule has 0 saturated carbocycles. The van der Waals surface area contributed by atoms with Crippen LogP contribution in [0.3, 0.4) is 0 Å². The summed E-state index contributed by atoms with van der Waals surface area (Å²) in [7, 11) is 0. The van der Waals surface area contributed by atoms with Gasteiger partial charge in [-0.15, -0.1) is 24.0 Å². The Morgan fingerprint density at radius 3 is 2.42 bits per heavy atom. The monoisotopic (exact) mass is 551 g/mol. The molecule has 182 valence electrons. The topological polar surface area (TPSA) is 52.6 Å². The van der Waals surface area contributed by atoms with Crippen molar-refractivity contribution in [2.45, 2.75) is 71.1 Å². The number of guanidine groups is 1.